The van der Waals surface area contributed by atoms with Crippen molar-refractivity contribution in [3.05, 3.63) is 58.1 Å². The molecule has 0 saturated heterocycles. The Balaban J connectivity index is 1.52. The first-order valence-electron chi connectivity index (χ1n) is 8.57. The van der Waals surface area contributed by atoms with Gasteiger partial charge < -0.3 is 5.32 Å². The first-order valence-corrected chi connectivity index (χ1v) is 10.8. The summed E-state index contributed by atoms with van der Waals surface area (Å²) in [6, 6.07) is 12.9. The molecule has 2 N–H and O–H groups in total. The van der Waals surface area contributed by atoms with Crippen molar-refractivity contribution < 1.29 is 13.2 Å². The van der Waals surface area contributed by atoms with Gasteiger partial charge in [0.1, 0.15) is 0 Å². The fourth-order valence-corrected chi connectivity index (χ4v) is 4.96. The minimum Gasteiger partial charge on any atom is -0.326 e. The number of benzene rings is 2. The number of nitrogens with one attached hydrogen (secondary N) is 2. The standard InChI is InChI=1S/C19H19BrN2O3S/c20-15-3-1-2-14(11-15)19(8-9-19)12-21-26(24,25)16-5-6-17-13(10-16)4-7-18(23)22-17/h1-3,5-6,10-11,21H,4,7-9,12H2,(H,22,23). The van der Waals surface area contributed by atoms with Crippen LogP contribution in [0.25, 0.3) is 0 Å². The highest BCUT2D eigenvalue weighted by Crippen LogP contribution is 2.48. The van der Waals surface area contributed by atoms with Crippen LogP contribution in [0.4, 0.5) is 5.69 Å². The van der Waals surface area contributed by atoms with Gasteiger partial charge in [0.15, 0.2) is 0 Å². The molecule has 0 radical (unpaired) electrons. The van der Waals surface area contributed by atoms with Crippen molar-refractivity contribution in [1.29, 1.82) is 0 Å². The number of amides is 1. The highest BCUT2D eigenvalue weighted by molar-refractivity contribution is 9.10. The van der Waals surface area contributed by atoms with E-state index in [2.05, 4.69) is 32.0 Å². The maximum atomic E-state index is 12.7. The highest BCUT2D eigenvalue weighted by atomic mass is 79.9. The van der Waals surface area contributed by atoms with Crippen molar-refractivity contribution in [2.75, 3.05) is 11.9 Å². The number of fused-ring (bicyclic) bond motifs is 1. The molecule has 0 unspecified atom stereocenters. The number of rotatable bonds is 5. The Morgan fingerprint density at radius 1 is 1.12 bits per heavy atom. The van der Waals surface area contributed by atoms with E-state index in [1.54, 1.807) is 18.2 Å². The second-order valence-corrected chi connectivity index (χ2v) is 9.66. The number of hydrogen-bond acceptors (Lipinski definition) is 3. The summed E-state index contributed by atoms with van der Waals surface area (Å²) in [5.41, 5.74) is 2.61. The van der Waals surface area contributed by atoms with E-state index in [1.165, 1.54) is 0 Å². The monoisotopic (exact) mass is 434 g/mol. The SMILES string of the molecule is O=C1CCc2cc(S(=O)(=O)NCC3(c4cccc(Br)c4)CC3)ccc2N1. The lowest BCUT2D eigenvalue weighted by Crippen LogP contribution is -2.32. The summed E-state index contributed by atoms with van der Waals surface area (Å²) in [5, 5.41) is 2.77. The zero-order chi connectivity index (χ0) is 18.4. The summed E-state index contributed by atoms with van der Waals surface area (Å²) in [5.74, 6) is -0.0315. The lowest BCUT2D eigenvalue weighted by molar-refractivity contribution is -0.116. The highest BCUT2D eigenvalue weighted by Gasteiger charge is 2.44. The van der Waals surface area contributed by atoms with E-state index in [-0.39, 0.29) is 16.2 Å². The third kappa shape index (κ3) is 3.43. The molecular weight excluding hydrogens is 416 g/mol. The van der Waals surface area contributed by atoms with Gasteiger partial charge in [-0.3, -0.25) is 4.79 Å². The number of anilines is 1. The third-order valence-corrected chi connectivity index (χ3v) is 7.07. The molecule has 0 spiro atoms. The Hall–Kier alpha value is -1.70. The van der Waals surface area contributed by atoms with Gasteiger partial charge in [0, 0.05) is 28.5 Å². The van der Waals surface area contributed by atoms with Gasteiger partial charge in [0.05, 0.1) is 4.90 Å². The minimum absolute atomic E-state index is 0.0315. The molecule has 1 saturated carbocycles. The van der Waals surface area contributed by atoms with Crippen LogP contribution in [0.5, 0.6) is 0 Å². The molecule has 136 valence electrons. The number of carbonyl (C=O) groups is 1. The molecule has 26 heavy (non-hydrogen) atoms. The van der Waals surface area contributed by atoms with Gasteiger partial charge in [0.2, 0.25) is 15.9 Å². The van der Waals surface area contributed by atoms with Crippen LogP contribution in [0.2, 0.25) is 0 Å². The van der Waals surface area contributed by atoms with Gasteiger partial charge in [0.25, 0.3) is 0 Å². The van der Waals surface area contributed by atoms with Gasteiger partial charge in [-0.05, 0) is 60.7 Å². The van der Waals surface area contributed by atoms with E-state index in [4.69, 9.17) is 0 Å². The van der Waals surface area contributed by atoms with E-state index in [1.807, 2.05) is 18.2 Å². The first kappa shape index (κ1) is 17.7. The number of hydrogen-bond donors (Lipinski definition) is 2. The van der Waals surface area contributed by atoms with E-state index in [0.717, 1.165) is 28.4 Å². The van der Waals surface area contributed by atoms with Crippen LogP contribution >= 0.6 is 15.9 Å². The molecule has 0 atom stereocenters. The zero-order valence-electron chi connectivity index (χ0n) is 14.1. The predicted molar refractivity (Wildman–Crippen MR) is 104 cm³/mol. The quantitative estimate of drug-likeness (QED) is 0.757. The van der Waals surface area contributed by atoms with Crippen molar-refractivity contribution in [3.8, 4) is 0 Å². The first-order chi connectivity index (χ1) is 12.4. The molecule has 2 aliphatic rings. The van der Waals surface area contributed by atoms with Crippen molar-refractivity contribution in [1.82, 2.24) is 4.72 Å². The van der Waals surface area contributed by atoms with E-state index < -0.39 is 10.0 Å². The largest absolute Gasteiger partial charge is 0.326 e. The molecule has 2 aromatic rings. The maximum Gasteiger partial charge on any atom is 0.240 e. The van der Waals surface area contributed by atoms with E-state index in [9.17, 15) is 13.2 Å². The average molecular weight is 435 g/mol. The summed E-state index contributed by atoms with van der Waals surface area (Å²) >= 11 is 3.48. The number of sulfonamides is 1. The molecule has 1 aliphatic carbocycles. The van der Waals surface area contributed by atoms with Crippen LogP contribution in [0.15, 0.2) is 51.8 Å². The molecule has 1 heterocycles. The third-order valence-electron chi connectivity index (χ3n) is 5.17. The van der Waals surface area contributed by atoms with Crippen LogP contribution in [0.1, 0.15) is 30.4 Å². The van der Waals surface area contributed by atoms with Crippen LogP contribution in [0.3, 0.4) is 0 Å². The number of aryl methyl sites for hydroxylation is 1. The van der Waals surface area contributed by atoms with Gasteiger partial charge in [-0.1, -0.05) is 28.1 Å². The molecule has 4 rings (SSSR count). The minimum atomic E-state index is -3.59. The Morgan fingerprint density at radius 2 is 1.92 bits per heavy atom. The number of halogens is 1. The average Bonchev–Trinajstić information content (AvgIpc) is 3.41. The van der Waals surface area contributed by atoms with Gasteiger partial charge >= 0.3 is 0 Å². The summed E-state index contributed by atoms with van der Waals surface area (Å²) < 4.78 is 29.3. The Bertz CT molecular complexity index is 984. The lowest BCUT2D eigenvalue weighted by atomic mass is 9.96. The molecule has 1 amide bonds. The normalized spacial score (nSPS) is 18.1. The van der Waals surface area contributed by atoms with Gasteiger partial charge in [-0.25, -0.2) is 13.1 Å². The van der Waals surface area contributed by atoms with Crippen LogP contribution < -0.4 is 10.0 Å². The molecule has 0 aromatic heterocycles. The summed E-state index contributed by atoms with van der Waals surface area (Å²) in [4.78, 5) is 11.7. The van der Waals surface area contributed by atoms with Crippen molar-refractivity contribution in [2.45, 2.75) is 36.0 Å². The summed E-state index contributed by atoms with van der Waals surface area (Å²) in [6.45, 7) is 0.388. The van der Waals surface area contributed by atoms with Gasteiger partial charge in [-0.15, -0.1) is 0 Å². The van der Waals surface area contributed by atoms with Crippen LogP contribution in [0, 0.1) is 0 Å². The molecular formula is C19H19BrN2O3S. The summed E-state index contributed by atoms with van der Waals surface area (Å²) in [6.07, 6.45) is 2.90. The molecule has 2 aromatic carbocycles. The lowest BCUT2D eigenvalue weighted by Gasteiger charge is -2.19. The Morgan fingerprint density at radius 3 is 2.65 bits per heavy atom. The van der Waals surface area contributed by atoms with Crippen LogP contribution in [-0.2, 0) is 26.7 Å². The van der Waals surface area contributed by atoms with Crippen molar-refractivity contribution >= 4 is 37.5 Å². The van der Waals surface area contributed by atoms with Gasteiger partial charge in [-0.2, -0.15) is 0 Å². The van der Waals surface area contributed by atoms with E-state index >= 15 is 0 Å². The van der Waals surface area contributed by atoms with Crippen molar-refractivity contribution in [2.24, 2.45) is 0 Å². The molecule has 0 bridgehead atoms. The fraction of sp³-hybridized carbons (Fsp3) is 0.316. The zero-order valence-corrected chi connectivity index (χ0v) is 16.5. The van der Waals surface area contributed by atoms with E-state index in [0.29, 0.717) is 25.1 Å². The second kappa shape index (κ2) is 6.48. The molecule has 7 heteroatoms. The number of carbonyl (C=O) groups excluding carboxylic acids is 1. The molecule has 5 nitrogen and oxygen atoms in total. The maximum absolute atomic E-state index is 12.7. The molecule has 1 aliphatic heterocycles. The second-order valence-electron chi connectivity index (χ2n) is 6.98. The fourth-order valence-electron chi connectivity index (χ4n) is 3.38. The smallest absolute Gasteiger partial charge is 0.240 e. The Labute approximate surface area is 161 Å². The predicted octanol–water partition coefficient (Wildman–Crippen LogP) is 3.34. The Kier molecular flexibility index (Phi) is 4.41. The molecule has 1 fully saturated rings. The topological polar surface area (TPSA) is 75.3 Å². The van der Waals surface area contributed by atoms with Crippen molar-refractivity contribution in [3.63, 3.8) is 0 Å². The summed E-state index contributed by atoms with van der Waals surface area (Å²) in [7, 11) is -3.59. The van der Waals surface area contributed by atoms with Crippen LogP contribution in [-0.4, -0.2) is 20.9 Å².